The minimum atomic E-state index is -1.75. The van der Waals surface area contributed by atoms with Gasteiger partial charge in [0.15, 0.2) is 34.5 Å². The second kappa shape index (κ2) is 17.4. The molecule has 0 amide bonds. The number of rotatable bonds is 16. The van der Waals surface area contributed by atoms with Gasteiger partial charge in [0.2, 0.25) is 12.0 Å². The molecule has 3 aromatic rings. The summed E-state index contributed by atoms with van der Waals surface area (Å²) in [4.78, 5) is 12.7. The van der Waals surface area contributed by atoms with Crippen LogP contribution in [0, 0.1) is 11.8 Å². The molecule has 1 fully saturated rings. The van der Waals surface area contributed by atoms with Crippen LogP contribution in [0.15, 0.2) is 48.5 Å². The molecule has 0 saturated carbocycles. The Morgan fingerprint density at radius 3 is 1.78 bits per heavy atom. The Morgan fingerprint density at radius 1 is 0.700 bits per heavy atom. The van der Waals surface area contributed by atoms with E-state index in [0.717, 1.165) is 5.56 Å². The van der Waals surface area contributed by atoms with E-state index < -0.39 is 49.2 Å². The summed E-state index contributed by atoms with van der Waals surface area (Å²) in [6.45, 7) is -1.02. The van der Waals surface area contributed by atoms with Crippen molar-refractivity contribution in [3.63, 3.8) is 0 Å². The van der Waals surface area contributed by atoms with Gasteiger partial charge in [0.25, 0.3) is 0 Å². The average molecular weight is 705 g/mol. The molecule has 1 aliphatic heterocycles. The Hall–Kier alpha value is -4.51. The Kier molecular flexibility index (Phi) is 13.3. The van der Waals surface area contributed by atoms with E-state index in [1.807, 2.05) is 0 Å². The van der Waals surface area contributed by atoms with E-state index in [-0.39, 0.29) is 65.6 Å². The van der Waals surface area contributed by atoms with Crippen molar-refractivity contribution in [3.05, 3.63) is 65.2 Å². The number of phenols is 2. The average Bonchev–Trinajstić information content (AvgIpc) is 3.13. The normalized spacial score (nSPS) is 21.5. The topological polar surface area (TPSA) is 223 Å². The zero-order chi connectivity index (χ0) is 36.5. The van der Waals surface area contributed by atoms with Crippen LogP contribution in [0.25, 0.3) is 0 Å². The van der Waals surface area contributed by atoms with Crippen LogP contribution in [0.4, 0.5) is 0 Å². The summed E-state index contributed by atoms with van der Waals surface area (Å²) in [5, 5.41) is 72.3. The van der Waals surface area contributed by atoms with Crippen molar-refractivity contribution in [3.8, 4) is 40.2 Å². The van der Waals surface area contributed by atoms with Crippen LogP contribution in [0.1, 0.15) is 21.5 Å². The molecule has 1 heterocycles. The maximum atomic E-state index is 12.7. The fraction of sp³-hybridized carbons (Fsp3) is 0.457. The van der Waals surface area contributed by atoms with Gasteiger partial charge >= 0.3 is 5.97 Å². The maximum Gasteiger partial charge on any atom is 0.338 e. The lowest BCUT2D eigenvalue weighted by atomic mass is 9.83. The summed E-state index contributed by atoms with van der Waals surface area (Å²) in [5.74, 6) is -1.17. The highest BCUT2D eigenvalue weighted by molar-refractivity contribution is 5.90. The first-order chi connectivity index (χ1) is 24.0. The van der Waals surface area contributed by atoms with Crippen LogP contribution in [-0.2, 0) is 22.3 Å². The zero-order valence-electron chi connectivity index (χ0n) is 28.1. The number of methoxy groups -OCH3 is 4. The molecule has 7 N–H and O–H groups in total. The van der Waals surface area contributed by atoms with Crippen LogP contribution in [-0.4, -0.2) is 121 Å². The lowest BCUT2D eigenvalue weighted by molar-refractivity contribution is -0.277. The molecule has 7 atom stereocenters. The molecule has 1 saturated heterocycles. The molecule has 0 spiro atoms. The van der Waals surface area contributed by atoms with Gasteiger partial charge in [-0.15, -0.1) is 0 Å². The van der Waals surface area contributed by atoms with Crippen molar-refractivity contribution < 1.29 is 73.7 Å². The summed E-state index contributed by atoms with van der Waals surface area (Å²) in [7, 11) is 5.51. The van der Waals surface area contributed by atoms with Crippen molar-refractivity contribution in [1.29, 1.82) is 0 Å². The Bertz CT molecular complexity index is 1550. The number of aromatic hydroxyl groups is 2. The number of phenolic OH excluding ortho intramolecular Hbond substituents is 2. The van der Waals surface area contributed by atoms with Gasteiger partial charge < -0.3 is 68.9 Å². The monoisotopic (exact) mass is 704 g/mol. The molecule has 0 aromatic heterocycles. The molecule has 0 radical (unpaired) electrons. The predicted molar refractivity (Wildman–Crippen MR) is 175 cm³/mol. The van der Waals surface area contributed by atoms with Crippen molar-refractivity contribution in [2.45, 2.75) is 43.5 Å². The van der Waals surface area contributed by atoms with Gasteiger partial charge in [-0.3, -0.25) is 0 Å². The van der Waals surface area contributed by atoms with E-state index in [9.17, 15) is 40.5 Å². The molecule has 15 nitrogen and oxygen atoms in total. The fourth-order valence-corrected chi connectivity index (χ4v) is 5.70. The van der Waals surface area contributed by atoms with Crippen LogP contribution in [0.3, 0.4) is 0 Å². The minimum absolute atomic E-state index is 0.00577. The summed E-state index contributed by atoms with van der Waals surface area (Å²) < 4.78 is 38.3. The predicted octanol–water partition coefficient (Wildman–Crippen LogP) is 1.18. The van der Waals surface area contributed by atoms with Crippen LogP contribution in [0.2, 0.25) is 0 Å². The zero-order valence-corrected chi connectivity index (χ0v) is 28.1. The van der Waals surface area contributed by atoms with Gasteiger partial charge in [0, 0.05) is 13.2 Å². The molecular formula is C35H44O15. The van der Waals surface area contributed by atoms with Crippen molar-refractivity contribution in [2.75, 3.05) is 48.3 Å². The fourth-order valence-electron chi connectivity index (χ4n) is 5.70. The van der Waals surface area contributed by atoms with E-state index in [1.165, 1.54) is 52.7 Å². The number of hydrogen-bond donors (Lipinski definition) is 7. The van der Waals surface area contributed by atoms with E-state index in [1.54, 1.807) is 24.3 Å². The van der Waals surface area contributed by atoms with Gasteiger partial charge in [0.05, 0.1) is 34.0 Å². The third-order valence-electron chi connectivity index (χ3n) is 8.59. The molecule has 0 aliphatic carbocycles. The highest BCUT2D eigenvalue weighted by Gasteiger charge is 2.46. The second-order valence-electron chi connectivity index (χ2n) is 11.7. The Balaban J connectivity index is 1.50. The first kappa shape index (κ1) is 38.3. The Morgan fingerprint density at radius 2 is 1.22 bits per heavy atom. The summed E-state index contributed by atoms with van der Waals surface area (Å²) in [6, 6.07) is 12.0. The van der Waals surface area contributed by atoms with Gasteiger partial charge in [-0.2, -0.15) is 0 Å². The first-order valence-electron chi connectivity index (χ1n) is 15.7. The van der Waals surface area contributed by atoms with Crippen LogP contribution >= 0.6 is 0 Å². The molecule has 3 aromatic carbocycles. The van der Waals surface area contributed by atoms with Crippen LogP contribution < -0.4 is 23.7 Å². The maximum absolute atomic E-state index is 12.7. The number of carbonyl (C=O) groups excluding carboxylic acids is 1. The number of hydrogen-bond acceptors (Lipinski definition) is 15. The number of aliphatic hydroxyl groups is 5. The number of aliphatic hydroxyl groups excluding tert-OH is 5. The van der Waals surface area contributed by atoms with E-state index in [0.29, 0.717) is 17.7 Å². The quantitative estimate of drug-likeness (QED) is 0.104. The minimum Gasteiger partial charge on any atom is -0.504 e. The third kappa shape index (κ3) is 8.79. The van der Waals surface area contributed by atoms with E-state index >= 15 is 0 Å². The van der Waals surface area contributed by atoms with Gasteiger partial charge in [-0.1, -0.05) is 6.07 Å². The number of ether oxygens (including phenoxy) is 7. The molecule has 15 heteroatoms. The molecular weight excluding hydrogens is 660 g/mol. The standard InChI is InChI=1S/C35H44O15/c1-44-25-11-18(5-7-23(25)38)9-21(15-36)22(16-37)10-19-12-27(46-3)33(28(13-19)47-4)50-35-32(42)31(41)30(40)29(49-35)17-48-34(43)20-6-8-24(39)26(14-20)45-2/h5-8,11-14,21-22,29-32,35-42H,9-10,15-17H2,1-4H3. The van der Waals surface area contributed by atoms with E-state index in [2.05, 4.69) is 0 Å². The van der Waals surface area contributed by atoms with Gasteiger partial charge in [0.1, 0.15) is 31.0 Å². The lowest BCUT2D eigenvalue weighted by Crippen LogP contribution is -2.60. The molecule has 274 valence electrons. The SMILES string of the molecule is COc1cc(CC(CO)C(CO)Cc2cc(OC)c(OC3OC(COC(=O)c4ccc(O)c(OC)c4)C(O)C(O)C3O)c(OC)c2)ccc1O. The largest absolute Gasteiger partial charge is 0.504 e. The first-order valence-corrected chi connectivity index (χ1v) is 15.7. The van der Waals surface area contributed by atoms with Gasteiger partial charge in [-0.25, -0.2) is 4.79 Å². The van der Waals surface area contributed by atoms with Crippen molar-refractivity contribution in [1.82, 2.24) is 0 Å². The lowest BCUT2D eigenvalue weighted by Gasteiger charge is -2.40. The van der Waals surface area contributed by atoms with Crippen molar-refractivity contribution >= 4 is 5.97 Å². The summed E-state index contributed by atoms with van der Waals surface area (Å²) in [5.41, 5.74) is 1.49. The number of esters is 1. The molecule has 1 aliphatic rings. The molecule has 50 heavy (non-hydrogen) atoms. The highest BCUT2D eigenvalue weighted by atomic mass is 16.7. The Labute approximate surface area is 288 Å². The summed E-state index contributed by atoms with van der Waals surface area (Å²) >= 11 is 0. The van der Waals surface area contributed by atoms with Crippen molar-refractivity contribution in [2.24, 2.45) is 11.8 Å². The number of benzene rings is 3. The highest BCUT2D eigenvalue weighted by Crippen LogP contribution is 2.42. The smallest absolute Gasteiger partial charge is 0.338 e. The molecule has 4 rings (SSSR count). The molecule has 0 bridgehead atoms. The second-order valence-corrected chi connectivity index (χ2v) is 11.7. The van der Waals surface area contributed by atoms with E-state index in [4.69, 9.17) is 33.2 Å². The summed E-state index contributed by atoms with van der Waals surface area (Å²) in [6.07, 6.45) is -7.38. The third-order valence-corrected chi connectivity index (χ3v) is 8.59. The van der Waals surface area contributed by atoms with Gasteiger partial charge in [-0.05, 0) is 78.3 Å². The van der Waals surface area contributed by atoms with Crippen LogP contribution in [0.5, 0.6) is 40.2 Å². The number of carbonyl (C=O) groups is 1. The molecule has 7 unspecified atom stereocenters.